The monoisotopic (exact) mass is 278 g/mol. The fourth-order valence-corrected chi connectivity index (χ4v) is 2.29. The van der Waals surface area contributed by atoms with Crippen LogP contribution in [-0.4, -0.2) is 45.6 Å². The third kappa shape index (κ3) is 3.35. The summed E-state index contributed by atoms with van der Waals surface area (Å²) in [5.41, 5.74) is 0.885. The van der Waals surface area contributed by atoms with Crippen molar-refractivity contribution in [1.29, 1.82) is 0 Å². The number of nitrogens with zero attached hydrogens (tertiary/aromatic N) is 2. The van der Waals surface area contributed by atoms with Gasteiger partial charge in [0.1, 0.15) is 5.75 Å². The summed E-state index contributed by atoms with van der Waals surface area (Å²) in [5, 5.41) is 6.62. The van der Waals surface area contributed by atoms with Crippen molar-refractivity contribution in [2.24, 2.45) is 5.10 Å². The molecule has 5 nitrogen and oxygen atoms in total. The Morgan fingerprint density at radius 1 is 0.900 bits per heavy atom. The minimum Gasteiger partial charge on any atom is -0.496 e. The van der Waals surface area contributed by atoms with Gasteiger partial charge < -0.3 is 14.2 Å². The zero-order valence-corrected chi connectivity index (χ0v) is 12.4. The summed E-state index contributed by atoms with van der Waals surface area (Å²) in [4.78, 5) is 0. The number of ether oxygens (including phenoxy) is 3. The van der Waals surface area contributed by atoms with Gasteiger partial charge in [0.05, 0.1) is 27.5 Å². The Labute approximate surface area is 120 Å². The Bertz CT molecular complexity index is 468. The van der Waals surface area contributed by atoms with Crippen molar-refractivity contribution in [2.45, 2.75) is 19.3 Å². The standard InChI is InChI=1S/C15H22N2O3/c1-18-13-10-15(20-3)14(19-2)9-12(13)11-16-17-7-5-4-6-8-17/h9-11H,4-8H2,1-3H3. The second-order valence-corrected chi connectivity index (χ2v) is 4.71. The van der Waals surface area contributed by atoms with E-state index >= 15 is 0 Å². The fourth-order valence-electron chi connectivity index (χ4n) is 2.29. The average molecular weight is 278 g/mol. The Balaban J connectivity index is 2.22. The number of rotatable bonds is 5. The first-order valence-corrected chi connectivity index (χ1v) is 6.87. The molecule has 2 rings (SSSR count). The summed E-state index contributed by atoms with van der Waals surface area (Å²) in [5.74, 6) is 2.05. The lowest BCUT2D eigenvalue weighted by Gasteiger charge is -2.23. The number of piperidine rings is 1. The van der Waals surface area contributed by atoms with Crippen LogP contribution >= 0.6 is 0 Å². The molecule has 1 aliphatic heterocycles. The molecule has 0 aliphatic carbocycles. The predicted octanol–water partition coefficient (Wildman–Crippen LogP) is 2.53. The number of hydrazone groups is 1. The van der Waals surface area contributed by atoms with E-state index < -0.39 is 0 Å². The fraction of sp³-hybridized carbons (Fsp3) is 0.533. The van der Waals surface area contributed by atoms with Crippen LogP contribution in [0.25, 0.3) is 0 Å². The normalized spacial score (nSPS) is 15.4. The smallest absolute Gasteiger partial charge is 0.164 e. The van der Waals surface area contributed by atoms with Gasteiger partial charge in [-0.3, -0.25) is 5.01 Å². The van der Waals surface area contributed by atoms with Crippen LogP contribution in [-0.2, 0) is 0 Å². The van der Waals surface area contributed by atoms with Crippen LogP contribution in [0.2, 0.25) is 0 Å². The molecule has 1 aliphatic rings. The highest BCUT2D eigenvalue weighted by Gasteiger charge is 2.11. The van der Waals surface area contributed by atoms with Crippen LogP contribution in [0.15, 0.2) is 17.2 Å². The summed E-state index contributed by atoms with van der Waals surface area (Å²) in [7, 11) is 4.87. The Morgan fingerprint density at radius 3 is 2.10 bits per heavy atom. The van der Waals surface area contributed by atoms with Gasteiger partial charge in [0.15, 0.2) is 11.5 Å². The first kappa shape index (κ1) is 14.5. The van der Waals surface area contributed by atoms with E-state index in [1.807, 2.05) is 18.3 Å². The zero-order chi connectivity index (χ0) is 14.4. The maximum absolute atomic E-state index is 5.38. The molecule has 5 heteroatoms. The molecule has 1 aromatic rings. The molecule has 1 saturated heterocycles. The summed E-state index contributed by atoms with van der Waals surface area (Å²) in [6.45, 7) is 2.04. The zero-order valence-electron chi connectivity index (χ0n) is 12.4. The molecular weight excluding hydrogens is 256 g/mol. The molecule has 0 amide bonds. The number of hydrogen-bond acceptors (Lipinski definition) is 5. The van der Waals surface area contributed by atoms with Gasteiger partial charge in [-0.05, 0) is 25.3 Å². The van der Waals surface area contributed by atoms with Crippen molar-refractivity contribution in [3.8, 4) is 17.2 Å². The lowest BCUT2D eigenvalue weighted by Crippen LogP contribution is -2.24. The molecule has 0 bridgehead atoms. The van der Waals surface area contributed by atoms with E-state index in [0.29, 0.717) is 11.5 Å². The van der Waals surface area contributed by atoms with E-state index in [0.717, 1.165) is 24.4 Å². The second kappa shape index (κ2) is 7.03. The molecule has 20 heavy (non-hydrogen) atoms. The first-order valence-electron chi connectivity index (χ1n) is 6.87. The first-order chi connectivity index (χ1) is 9.78. The van der Waals surface area contributed by atoms with E-state index in [-0.39, 0.29) is 0 Å². The number of hydrogen-bond donors (Lipinski definition) is 0. The van der Waals surface area contributed by atoms with Gasteiger partial charge in [-0.25, -0.2) is 0 Å². The lowest BCUT2D eigenvalue weighted by molar-refractivity contribution is 0.240. The maximum atomic E-state index is 5.38. The minimum atomic E-state index is 0.652. The highest BCUT2D eigenvalue weighted by molar-refractivity contribution is 5.85. The SMILES string of the molecule is COc1cc(OC)c(OC)cc1C=NN1CCCCC1. The van der Waals surface area contributed by atoms with Gasteiger partial charge in [-0.15, -0.1) is 0 Å². The Morgan fingerprint density at radius 2 is 1.50 bits per heavy atom. The van der Waals surface area contributed by atoms with Crippen molar-refractivity contribution in [3.05, 3.63) is 17.7 Å². The average Bonchev–Trinajstić information content (AvgIpc) is 2.52. The van der Waals surface area contributed by atoms with E-state index in [4.69, 9.17) is 14.2 Å². The van der Waals surface area contributed by atoms with Crippen molar-refractivity contribution >= 4 is 6.21 Å². The highest BCUT2D eigenvalue weighted by atomic mass is 16.5. The maximum Gasteiger partial charge on any atom is 0.164 e. The van der Waals surface area contributed by atoms with Crippen LogP contribution in [0.1, 0.15) is 24.8 Å². The van der Waals surface area contributed by atoms with E-state index in [1.165, 1.54) is 19.3 Å². The van der Waals surface area contributed by atoms with Crippen molar-refractivity contribution in [2.75, 3.05) is 34.4 Å². The second-order valence-electron chi connectivity index (χ2n) is 4.71. The van der Waals surface area contributed by atoms with Crippen molar-refractivity contribution in [3.63, 3.8) is 0 Å². The van der Waals surface area contributed by atoms with Gasteiger partial charge in [-0.1, -0.05) is 0 Å². The predicted molar refractivity (Wildman–Crippen MR) is 79.1 cm³/mol. The molecule has 0 radical (unpaired) electrons. The van der Waals surface area contributed by atoms with Crippen LogP contribution in [0, 0.1) is 0 Å². The third-order valence-corrected chi connectivity index (χ3v) is 3.43. The quantitative estimate of drug-likeness (QED) is 0.776. The largest absolute Gasteiger partial charge is 0.496 e. The van der Waals surface area contributed by atoms with E-state index in [1.54, 1.807) is 21.3 Å². The van der Waals surface area contributed by atoms with Crippen molar-refractivity contribution in [1.82, 2.24) is 5.01 Å². The minimum absolute atomic E-state index is 0.652. The molecule has 0 unspecified atom stereocenters. The molecule has 1 fully saturated rings. The highest BCUT2D eigenvalue weighted by Crippen LogP contribution is 2.33. The van der Waals surface area contributed by atoms with Crippen molar-refractivity contribution < 1.29 is 14.2 Å². The Hall–Kier alpha value is -1.91. The molecule has 1 heterocycles. The summed E-state index contributed by atoms with van der Waals surface area (Å²) in [6, 6.07) is 3.70. The number of benzene rings is 1. The van der Waals surface area contributed by atoms with Crippen LogP contribution < -0.4 is 14.2 Å². The molecule has 0 spiro atoms. The molecule has 0 atom stereocenters. The van der Waals surface area contributed by atoms with Gasteiger partial charge in [0, 0.05) is 24.7 Å². The van der Waals surface area contributed by atoms with Crippen LogP contribution in [0.4, 0.5) is 0 Å². The summed E-state index contributed by atoms with van der Waals surface area (Å²) >= 11 is 0. The summed E-state index contributed by atoms with van der Waals surface area (Å²) in [6.07, 6.45) is 5.54. The molecule has 1 aromatic carbocycles. The van der Waals surface area contributed by atoms with Crippen LogP contribution in [0.3, 0.4) is 0 Å². The summed E-state index contributed by atoms with van der Waals surface area (Å²) < 4.78 is 16.0. The number of methoxy groups -OCH3 is 3. The third-order valence-electron chi connectivity index (χ3n) is 3.43. The van der Waals surface area contributed by atoms with Gasteiger partial charge in [-0.2, -0.15) is 5.10 Å². The molecule has 0 aromatic heterocycles. The topological polar surface area (TPSA) is 43.3 Å². The van der Waals surface area contributed by atoms with E-state index in [2.05, 4.69) is 10.1 Å². The van der Waals surface area contributed by atoms with Crippen LogP contribution in [0.5, 0.6) is 17.2 Å². The molecule has 0 saturated carbocycles. The van der Waals surface area contributed by atoms with Gasteiger partial charge in [0.25, 0.3) is 0 Å². The van der Waals surface area contributed by atoms with Gasteiger partial charge >= 0.3 is 0 Å². The molecular formula is C15H22N2O3. The Kier molecular flexibility index (Phi) is 5.09. The molecule has 110 valence electrons. The van der Waals surface area contributed by atoms with E-state index in [9.17, 15) is 0 Å². The molecule has 0 N–H and O–H groups in total. The lowest BCUT2D eigenvalue weighted by atomic mass is 10.1. The van der Waals surface area contributed by atoms with Gasteiger partial charge in [0.2, 0.25) is 0 Å².